The van der Waals surface area contributed by atoms with E-state index in [0.717, 1.165) is 19.3 Å². The fourth-order valence-electron chi connectivity index (χ4n) is 3.05. The highest BCUT2D eigenvalue weighted by Gasteiger charge is 2.30. The van der Waals surface area contributed by atoms with Crippen molar-refractivity contribution in [1.29, 1.82) is 0 Å². The van der Waals surface area contributed by atoms with Gasteiger partial charge in [-0.25, -0.2) is 0 Å². The van der Waals surface area contributed by atoms with Gasteiger partial charge in [-0.2, -0.15) is 0 Å². The number of hydrogen-bond acceptors (Lipinski definition) is 5. The smallest absolute Gasteiger partial charge is 0.255 e. The van der Waals surface area contributed by atoms with Gasteiger partial charge in [-0.3, -0.25) is 9.59 Å². The van der Waals surface area contributed by atoms with Gasteiger partial charge in [0.05, 0.1) is 12.1 Å². The topological polar surface area (TPSA) is 108 Å². The summed E-state index contributed by atoms with van der Waals surface area (Å²) in [7, 11) is 1.43. The second kappa shape index (κ2) is 8.40. The van der Waals surface area contributed by atoms with Crippen LogP contribution in [0.1, 0.15) is 36.5 Å². The lowest BCUT2D eigenvalue weighted by atomic mass is 9.96. The first kappa shape index (κ1) is 19.3. The van der Waals surface area contributed by atoms with E-state index in [1.807, 2.05) is 6.92 Å². The van der Waals surface area contributed by atoms with Crippen LogP contribution in [0.15, 0.2) is 12.1 Å². The number of nitrogens with zero attached hydrogens (tertiary/aromatic N) is 1. The lowest BCUT2D eigenvalue weighted by Gasteiger charge is -2.38. The minimum Gasteiger partial charge on any atom is -0.493 e. The second-order valence-electron chi connectivity index (χ2n) is 6.17. The number of methoxy groups -OCH3 is 1. The number of amides is 2. The molecule has 2 amide bonds. The second-order valence-corrected chi connectivity index (χ2v) is 6.57. The lowest BCUT2D eigenvalue weighted by molar-refractivity contribution is -0.119. The average molecular weight is 370 g/mol. The molecule has 1 heterocycles. The van der Waals surface area contributed by atoms with Crippen LogP contribution in [0.4, 0.5) is 0 Å². The molecule has 1 fully saturated rings. The van der Waals surface area contributed by atoms with Crippen LogP contribution in [0.3, 0.4) is 0 Å². The fourth-order valence-corrected chi connectivity index (χ4v) is 3.31. The van der Waals surface area contributed by atoms with Gasteiger partial charge in [0.1, 0.15) is 0 Å². The van der Waals surface area contributed by atoms with Crippen molar-refractivity contribution in [1.82, 2.24) is 4.90 Å². The van der Waals surface area contributed by atoms with Crippen LogP contribution >= 0.6 is 11.6 Å². The molecule has 1 saturated heterocycles. The summed E-state index contributed by atoms with van der Waals surface area (Å²) >= 11 is 6.23. The maximum absolute atomic E-state index is 13.0. The number of likely N-dealkylation sites (tertiary alicyclic amines) is 1. The maximum Gasteiger partial charge on any atom is 0.255 e. The molecule has 0 bridgehead atoms. The van der Waals surface area contributed by atoms with E-state index < -0.39 is 5.91 Å². The Hall–Kier alpha value is -1.99. The van der Waals surface area contributed by atoms with Gasteiger partial charge in [-0.15, -0.1) is 0 Å². The van der Waals surface area contributed by atoms with Gasteiger partial charge in [0, 0.05) is 24.2 Å². The maximum atomic E-state index is 13.0. The summed E-state index contributed by atoms with van der Waals surface area (Å²) in [5.41, 5.74) is 11.5. The summed E-state index contributed by atoms with van der Waals surface area (Å²) in [6.07, 6.45) is 2.88. The van der Waals surface area contributed by atoms with Crippen LogP contribution in [0.2, 0.25) is 5.02 Å². The van der Waals surface area contributed by atoms with Gasteiger partial charge < -0.3 is 25.8 Å². The van der Waals surface area contributed by atoms with Crippen molar-refractivity contribution in [3.63, 3.8) is 0 Å². The predicted molar refractivity (Wildman–Crippen MR) is 95.0 cm³/mol. The van der Waals surface area contributed by atoms with Crippen molar-refractivity contribution in [2.45, 2.75) is 38.3 Å². The number of carbonyl (C=O) groups is 2. The molecule has 1 aliphatic heterocycles. The Balaban J connectivity index is 2.30. The summed E-state index contributed by atoms with van der Waals surface area (Å²) < 4.78 is 10.5. The molecular weight excluding hydrogens is 346 g/mol. The third-order valence-corrected chi connectivity index (χ3v) is 4.53. The monoisotopic (exact) mass is 369 g/mol. The highest BCUT2D eigenvalue weighted by atomic mass is 35.5. The molecule has 1 aromatic carbocycles. The predicted octanol–water partition coefficient (Wildman–Crippen LogP) is 1.55. The van der Waals surface area contributed by atoms with E-state index in [0.29, 0.717) is 12.1 Å². The quantitative estimate of drug-likeness (QED) is 0.791. The average Bonchev–Trinajstić information content (AvgIpc) is 2.59. The molecule has 8 heteroatoms. The zero-order chi connectivity index (χ0) is 18.6. The van der Waals surface area contributed by atoms with Crippen molar-refractivity contribution < 1.29 is 19.1 Å². The number of carbonyl (C=O) groups excluding carboxylic acids is 2. The molecule has 0 aliphatic carbocycles. The zero-order valence-electron chi connectivity index (χ0n) is 14.5. The third kappa shape index (κ3) is 4.55. The molecule has 7 nitrogen and oxygen atoms in total. The van der Waals surface area contributed by atoms with Crippen molar-refractivity contribution in [3.05, 3.63) is 22.7 Å². The number of ether oxygens (including phenoxy) is 2. The summed E-state index contributed by atoms with van der Waals surface area (Å²) in [4.78, 5) is 25.7. The van der Waals surface area contributed by atoms with Gasteiger partial charge in [-0.05, 0) is 38.3 Å². The molecule has 1 aliphatic rings. The first-order valence-electron chi connectivity index (χ1n) is 8.20. The Kier molecular flexibility index (Phi) is 6.50. The van der Waals surface area contributed by atoms with E-state index in [-0.39, 0.29) is 41.1 Å². The minimum absolute atomic E-state index is 0.00296. The van der Waals surface area contributed by atoms with E-state index in [4.69, 9.17) is 32.5 Å². The number of halogens is 1. The van der Waals surface area contributed by atoms with Crippen molar-refractivity contribution in [2.24, 2.45) is 11.5 Å². The first-order valence-corrected chi connectivity index (χ1v) is 8.58. The molecule has 138 valence electrons. The van der Waals surface area contributed by atoms with Gasteiger partial charge in [-0.1, -0.05) is 11.6 Å². The molecule has 0 unspecified atom stereocenters. The number of piperidine rings is 1. The van der Waals surface area contributed by atoms with Crippen molar-refractivity contribution in [2.75, 3.05) is 20.3 Å². The number of nitrogens with two attached hydrogens (primary N) is 2. The van der Waals surface area contributed by atoms with Crippen LogP contribution in [-0.4, -0.2) is 49.1 Å². The van der Waals surface area contributed by atoms with Crippen LogP contribution in [-0.2, 0) is 4.79 Å². The standard InChI is InChI=1S/C17H24ClN3O4/c1-10(19)13-5-3-4-6-21(13)17(23)11-7-12(18)16(14(8-11)24-2)25-9-15(20)22/h7-8,10,13H,3-6,9,19H2,1-2H3,(H2,20,22)/t10-,13+/m1/s1. The van der Waals surface area contributed by atoms with E-state index in [2.05, 4.69) is 0 Å². The SMILES string of the molecule is COc1cc(C(=O)N2CCCC[C@H]2[C@@H](C)N)cc(Cl)c1OCC(N)=O. The number of benzene rings is 1. The summed E-state index contributed by atoms with van der Waals surface area (Å²) in [5, 5.41) is 0.179. The van der Waals surface area contributed by atoms with E-state index in [1.54, 1.807) is 11.0 Å². The Bertz CT molecular complexity index is 651. The van der Waals surface area contributed by atoms with Crippen molar-refractivity contribution in [3.8, 4) is 11.5 Å². The fraction of sp³-hybridized carbons (Fsp3) is 0.529. The number of hydrogen-bond donors (Lipinski definition) is 2. The van der Waals surface area contributed by atoms with Crippen LogP contribution < -0.4 is 20.9 Å². The Labute approximate surface area is 152 Å². The molecule has 1 aromatic rings. The Morgan fingerprint density at radius 2 is 2.12 bits per heavy atom. The Morgan fingerprint density at radius 3 is 2.72 bits per heavy atom. The van der Waals surface area contributed by atoms with E-state index >= 15 is 0 Å². The minimum atomic E-state index is -0.633. The molecule has 0 radical (unpaired) electrons. The van der Waals surface area contributed by atoms with Crippen LogP contribution in [0, 0.1) is 0 Å². The molecular formula is C17H24ClN3O4. The van der Waals surface area contributed by atoms with Crippen LogP contribution in [0.5, 0.6) is 11.5 Å². The molecule has 2 rings (SSSR count). The van der Waals surface area contributed by atoms with E-state index in [9.17, 15) is 9.59 Å². The van der Waals surface area contributed by atoms with Crippen molar-refractivity contribution >= 4 is 23.4 Å². The summed E-state index contributed by atoms with van der Waals surface area (Å²) in [6, 6.07) is 2.95. The highest BCUT2D eigenvalue weighted by molar-refractivity contribution is 6.32. The molecule has 0 aromatic heterocycles. The van der Waals surface area contributed by atoms with Crippen LogP contribution in [0.25, 0.3) is 0 Å². The molecule has 0 spiro atoms. The summed E-state index contributed by atoms with van der Waals surface area (Å²) in [6.45, 7) is 2.23. The van der Waals surface area contributed by atoms with Gasteiger partial charge >= 0.3 is 0 Å². The molecule has 2 atom stereocenters. The molecule has 25 heavy (non-hydrogen) atoms. The number of rotatable bonds is 6. The zero-order valence-corrected chi connectivity index (χ0v) is 15.2. The van der Waals surface area contributed by atoms with E-state index in [1.165, 1.54) is 13.2 Å². The Morgan fingerprint density at radius 1 is 1.40 bits per heavy atom. The van der Waals surface area contributed by atoms with Gasteiger partial charge in [0.25, 0.3) is 11.8 Å². The van der Waals surface area contributed by atoms with Gasteiger partial charge in [0.15, 0.2) is 18.1 Å². The highest BCUT2D eigenvalue weighted by Crippen LogP contribution is 2.37. The normalized spacial score (nSPS) is 18.6. The first-order chi connectivity index (χ1) is 11.8. The molecule has 0 saturated carbocycles. The lowest BCUT2D eigenvalue weighted by Crippen LogP contribution is -2.51. The summed E-state index contributed by atoms with van der Waals surface area (Å²) in [5.74, 6) is -0.330. The third-order valence-electron chi connectivity index (χ3n) is 4.25. The van der Waals surface area contributed by atoms with Gasteiger partial charge in [0.2, 0.25) is 0 Å². The largest absolute Gasteiger partial charge is 0.493 e. The molecule has 4 N–H and O–H groups in total. The number of primary amides is 1.